The summed E-state index contributed by atoms with van der Waals surface area (Å²) < 4.78 is 5.04. The van der Waals surface area contributed by atoms with Crippen LogP contribution in [0.15, 0.2) is 18.2 Å². The van der Waals surface area contributed by atoms with Crippen molar-refractivity contribution >= 4 is 23.3 Å². The van der Waals surface area contributed by atoms with Gasteiger partial charge in [-0.15, -0.1) is 0 Å². The van der Waals surface area contributed by atoms with Crippen LogP contribution < -0.4 is 10.6 Å². The van der Waals surface area contributed by atoms with Crippen LogP contribution >= 0.6 is 11.6 Å². The molecule has 1 rings (SSSR count). The van der Waals surface area contributed by atoms with E-state index in [1.165, 1.54) is 0 Å². The number of urea groups is 1. The number of anilines is 1. The fourth-order valence-corrected chi connectivity index (χ4v) is 1.64. The molecule has 0 saturated carbocycles. The highest BCUT2D eigenvalue weighted by atomic mass is 35.5. The van der Waals surface area contributed by atoms with Gasteiger partial charge >= 0.3 is 6.03 Å². The highest BCUT2D eigenvalue weighted by molar-refractivity contribution is 6.31. The second-order valence-corrected chi connectivity index (χ2v) is 4.06. The molecule has 0 saturated heterocycles. The van der Waals surface area contributed by atoms with Gasteiger partial charge in [0.1, 0.15) is 0 Å². The minimum atomic E-state index is -0.330. The third kappa shape index (κ3) is 4.52. The Balaban J connectivity index is 2.65. The Labute approximate surface area is 111 Å². The third-order valence-corrected chi connectivity index (χ3v) is 2.63. The molecule has 5 nitrogen and oxygen atoms in total. The van der Waals surface area contributed by atoms with Crippen molar-refractivity contribution in [3.63, 3.8) is 0 Å². The van der Waals surface area contributed by atoms with Gasteiger partial charge in [-0.2, -0.15) is 0 Å². The molecule has 0 fully saturated rings. The Bertz CT molecular complexity index is 399. The van der Waals surface area contributed by atoms with E-state index in [0.29, 0.717) is 30.3 Å². The zero-order valence-electron chi connectivity index (χ0n) is 10.2. The number of aliphatic hydroxyl groups excluding tert-OH is 1. The molecule has 1 aromatic carbocycles. The SMILES string of the molecule is COCc1c(Cl)cccc1NC(=O)NCCCO. The zero-order valence-corrected chi connectivity index (χ0v) is 11.0. The maximum atomic E-state index is 11.6. The van der Waals surface area contributed by atoms with Crippen molar-refractivity contribution in [1.82, 2.24) is 5.32 Å². The van der Waals surface area contributed by atoms with Gasteiger partial charge in [0.15, 0.2) is 0 Å². The molecule has 0 aliphatic heterocycles. The summed E-state index contributed by atoms with van der Waals surface area (Å²) in [5.41, 5.74) is 1.35. The van der Waals surface area contributed by atoms with Gasteiger partial charge in [-0.3, -0.25) is 0 Å². The maximum absolute atomic E-state index is 11.6. The monoisotopic (exact) mass is 272 g/mol. The largest absolute Gasteiger partial charge is 0.396 e. The Morgan fingerprint density at radius 1 is 1.50 bits per heavy atom. The number of halogens is 1. The minimum absolute atomic E-state index is 0.0480. The Morgan fingerprint density at radius 3 is 2.94 bits per heavy atom. The van der Waals surface area contributed by atoms with E-state index < -0.39 is 0 Å². The molecule has 0 bridgehead atoms. The van der Waals surface area contributed by atoms with Gasteiger partial charge in [-0.05, 0) is 18.6 Å². The van der Waals surface area contributed by atoms with Gasteiger partial charge in [0.25, 0.3) is 0 Å². The molecule has 1 aromatic rings. The number of rotatable bonds is 6. The molecule has 0 radical (unpaired) electrons. The lowest BCUT2D eigenvalue weighted by Gasteiger charge is -2.12. The van der Waals surface area contributed by atoms with E-state index in [0.717, 1.165) is 5.56 Å². The molecule has 0 heterocycles. The van der Waals surface area contributed by atoms with Crippen molar-refractivity contribution < 1.29 is 14.6 Å². The molecule has 0 spiro atoms. The van der Waals surface area contributed by atoms with Crippen molar-refractivity contribution in [3.8, 4) is 0 Å². The van der Waals surface area contributed by atoms with E-state index in [-0.39, 0.29) is 12.6 Å². The van der Waals surface area contributed by atoms with Crippen LogP contribution in [0.25, 0.3) is 0 Å². The van der Waals surface area contributed by atoms with Crippen molar-refractivity contribution in [2.45, 2.75) is 13.0 Å². The number of hydrogen-bond donors (Lipinski definition) is 3. The first-order valence-electron chi connectivity index (χ1n) is 5.61. The smallest absolute Gasteiger partial charge is 0.319 e. The van der Waals surface area contributed by atoms with Crippen LogP contribution in [0.1, 0.15) is 12.0 Å². The topological polar surface area (TPSA) is 70.6 Å². The molecule has 100 valence electrons. The molecular weight excluding hydrogens is 256 g/mol. The lowest BCUT2D eigenvalue weighted by atomic mass is 10.2. The molecular formula is C12H17ClN2O3. The van der Waals surface area contributed by atoms with Gasteiger partial charge < -0.3 is 20.5 Å². The standard InChI is InChI=1S/C12H17ClN2O3/c1-18-8-9-10(13)4-2-5-11(9)15-12(17)14-6-3-7-16/h2,4-5,16H,3,6-8H2,1H3,(H2,14,15,17). The summed E-state index contributed by atoms with van der Waals surface area (Å²) in [6, 6.07) is 4.92. The zero-order chi connectivity index (χ0) is 13.4. The lowest BCUT2D eigenvalue weighted by molar-refractivity contribution is 0.185. The third-order valence-electron chi connectivity index (χ3n) is 2.28. The maximum Gasteiger partial charge on any atom is 0.319 e. The quantitative estimate of drug-likeness (QED) is 0.694. The normalized spacial score (nSPS) is 10.2. The molecule has 0 atom stereocenters. The average molecular weight is 273 g/mol. The Morgan fingerprint density at radius 2 is 2.28 bits per heavy atom. The summed E-state index contributed by atoms with van der Waals surface area (Å²) in [7, 11) is 1.56. The van der Waals surface area contributed by atoms with E-state index in [4.69, 9.17) is 21.4 Å². The first-order chi connectivity index (χ1) is 8.69. The van der Waals surface area contributed by atoms with Crippen LogP contribution in [-0.2, 0) is 11.3 Å². The number of carbonyl (C=O) groups excluding carboxylic acids is 1. The summed E-state index contributed by atoms with van der Waals surface area (Å²) >= 11 is 6.03. The molecule has 2 amide bonds. The molecule has 0 aliphatic rings. The number of hydrogen-bond acceptors (Lipinski definition) is 3. The van der Waals surface area contributed by atoms with Crippen molar-refractivity contribution in [2.24, 2.45) is 0 Å². The molecule has 3 N–H and O–H groups in total. The molecule has 0 aromatic heterocycles. The fraction of sp³-hybridized carbons (Fsp3) is 0.417. The van der Waals surface area contributed by atoms with Crippen molar-refractivity contribution in [3.05, 3.63) is 28.8 Å². The molecule has 6 heteroatoms. The number of benzene rings is 1. The Hall–Kier alpha value is -1.30. The summed E-state index contributed by atoms with van der Waals surface area (Å²) in [5.74, 6) is 0. The lowest BCUT2D eigenvalue weighted by Crippen LogP contribution is -2.30. The number of nitrogens with one attached hydrogen (secondary N) is 2. The second-order valence-electron chi connectivity index (χ2n) is 3.66. The highest BCUT2D eigenvalue weighted by Gasteiger charge is 2.09. The second kappa shape index (κ2) is 7.92. The first kappa shape index (κ1) is 14.8. The van der Waals surface area contributed by atoms with Crippen LogP contribution in [0.2, 0.25) is 5.02 Å². The van der Waals surface area contributed by atoms with Crippen molar-refractivity contribution in [2.75, 3.05) is 25.6 Å². The van der Waals surface area contributed by atoms with E-state index in [9.17, 15) is 4.79 Å². The van der Waals surface area contributed by atoms with E-state index >= 15 is 0 Å². The van der Waals surface area contributed by atoms with Gasteiger partial charge in [-0.1, -0.05) is 17.7 Å². The predicted molar refractivity (Wildman–Crippen MR) is 70.9 cm³/mol. The van der Waals surface area contributed by atoms with Crippen LogP contribution in [-0.4, -0.2) is 31.4 Å². The number of amides is 2. The van der Waals surface area contributed by atoms with E-state index in [2.05, 4.69) is 10.6 Å². The van der Waals surface area contributed by atoms with Crippen LogP contribution in [0.3, 0.4) is 0 Å². The van der Waals surface area contributed by atoms with Crippen LogP contribution in [0.5, 0.6) is 0 Å². The Kier molecular flexibility index (Phi) is 6.49. The fourth-order valence-electron chi connectivity index (χ4n) is 1.41. The summed E-state index contributed by atoms with van der Waals surface area (Å²) in [6.45, 7) is 0.792. The van der Waals surface area contributed by atoms with E-state index in [1.54, 1.807) is 25.3 Å². The number of carbonyl (C=O) groups is 1. The number of aliphatic hydroxyl groups is 1. The van der Waals surface area contributed by atoms with E-state index in [1.807, 2.05) is 0 Å². The minimum Gasteiger partial charge on any atom is -0.396 e. The predicted octanol–water partition coefficient (Wildman–Crippen LogP) is 1.99. The van der Waals surface area contributed by atoms with Gasteiger partial charge in [0, 0.05) is 36.5 Å². The number of ether oxygens (including phenoxy) is 1. The van der Waals surface area contributed by atoms with Gasteiger partial charge in [0.05, 0.1) is 6.61 Å². The van der Waals surface area contributed by atoms with Crippen LogP contribution in [0.4, 0.5) is 10.5 Å². The molecule has 0 aliphatic carbocycles. The van der Waals surface area contributed by atoms with Crippen molar-refractivity contribution in [1.29, 1.82) is 0 Å². The molecule has 18 heavy (non-hydrogen) atoms. The number of methoxy groups -OCH3 is 1. The summed E-state index contributed by atoms with van der Waals surface area (Å²) in [5, 5.41) is 14.5. The van der Waals surface area contributed by atoms with Gasteiger partial charge in [-0.25, -0.2) is 4.79 Å². The van der Waals surface area contributed by atoms with Gasteiger partial charge in [0.2, 0.25) is 0 Å². The first-order valence-corrected chi connectivity index (χ1v) is 5.99. The average Bonchev–Trinajstić information content (AvgIpc) is 2.34. The van der Waals surface area contributed by atoms with Crippen LogP contribution in [0, 0.1) is 0 Å². The highest BCUT2D eigenvalue weighted by Crippen LogP contribution is 2.24. The summed E-state index contributed by atoms with van der Waals surface area (Å²) in [6.07, 6.45) is 0.522. The molecule has 0 unspecified atom stereocenters. The summed E-state index contributed by atoms with van der Waals surface area (Å²) in [4.78, 5) is 11.6.